The van der Waals surface area contributed by atoms with Gasteiger partial charge >= 0.3 is 0 Å². The molecule has 1 N–H and O–H groups in total. The first-order valence-corrected chi connectivity index (χ1v) is 7.78. The van der Waals surface area contributed by atoms with E-state index in [4.69, 9.17) is 6.42 Å². The van der Waals surface area contributed by atoms with Gasteiger partial charge in [0.1, 0.15) is 0 Å². The first kappa shape index (κ1) is 14.9. The van der Waals surface area contributed by atoms with Crippen molar-refractivity contribution in [3.05, 3.63) is 29.8 Å². The average molecular weight is 270 g/mol. The van der Waals surface area contributed by atoms with Crippen LogP contribution in [0.3, 0.4) is 0 Å². The third-order valence-electron chi connectivity index (χ3n) is 4.21. The summed E-state index contributed by atoms with van der Waals surface area (Å²) in [6, 6.07) is 8.64. The molecule has 2 rings (SSSR count). The average Bonchev–Trinajstić information content (AvgIpc) is 2.48. The molecule has 1 saturated heterocycles. The van der Waals surface area contributed by atoms with E-state index in [1.54, 1.807) is 0 Å². The second-order valence-corrected chi connectivity index (χ2v) is 5.86. The molecule has 1 aromatic rings. The number of nitrogens with one attached hydrogen (secondary N) is 1. The van der Waals surface area contributed by atoms with E-state index in [1.807, 2.05) is 12.1 Å². The Hall–Kier alpha value is -1.46. The molecule has 0 spiro atoms. The van der Waals surface area contributed by atoms with Gasteiger partial charge in [-0.15, -0.1) is 6.42 Å². The van der Waals surface area contributed by atoms with Crippen LogP contribution in [-0.4, -0.2) is 30.6 Å². The monoisotopic (exact) mass is 270 g/mol. The van der Waals surface area contributed by atoms with E-state index < -0.39 is 0 Å². The van der Waals surface area contributed by atoms with Crippen LogP contribution in [0.25, 0.3) is 0 Å². The maximum Gasteiger partial charge on any atom is 0.0354 e. The zero-order valence-electron chi connectivity index (χ0n) is 12.7. The zero-order valence-corrected chi connectivity index (χ0v) is 12.7. The summed E-state index contributed by atoms with van der Waals surface area (Å²) in [6.07, 6.45) is 9.35. The number of piperidine rings is 1. The van der Waals surface area contributed by atoms with Crippen molar-refractivity contribution in [2.24, 2.45) is 5.92 Å². The lowest BCUT2D eigenvalue weighted by molar-refractivity contribution is 0.165. The first-order valence-electron chi connectivity index (χ1n) is 7.78. The molecule has 1 fully saturated rings. The van der Waals surface area contributed by atoms with E-state index in [0.717, 1.165) is 17.2 Å². The van der Waals surface area contributed by atoms with Gasteiger partial charge in [0.25, 0.3) is 0 Å². The number of anilines is 1. The van der Waals surface area contributed by atoms with E-state index >= 15 is 0 Å². The Bertz CT molecular complexity index is 459. The van der Waals surface area contributed by atoms with E-state index in [9.17, 15) is 0 Å². The number of nitrogens with zero attached hydrogens (tertiary/aromatic N) is 1. The summed E-state index contributed by atoms with van der Waals surface area (Å²) in [7, 11) is 0. The fraction of sp³-hybridized carbons (Fsp3) is 0.556. The van der Waals surface area contributed by atoms with Crippen LogP contribution >= 0.6 is 0 Å². The molecule has 0 aromatic heterocycles. The fourth-order valence-electron chi connectivity index (χ4n) is 3.10. The van der Waals surface area contributed by atoms with E-state index in [2.05, 4.69) is 42.1 Å². The molecule has 0 bridgehead atoms. The van der Waals surface area contributed by atoms with Gasteiger partial charge in [-0.2, -0.15) is 0 Å². The topological polar surface area (TPSA) is 15.3 Å². The SMILES string of the molecule is C#Cc1cccc(NC(C)C2CCCN(CCC)C2)c1. The lowest BCUT2D eigenvalue weighted by Gasteiger charge is -2.36. The van der Waals surface area contributed by atoms with Gasteiger partial charge in [-0.25, -0.2) is 0 Å². The number of likely N-dealkylation sites (tertiary alicyclic amines) is 1. The van der Waals surface area contributed by atoms with Gasteiger partial charge in [0.05, 0.1) is 0 Å². The lowest BCUT2D eigenvalue weighted by Crippen LogP contribution is -2.42. The van der Waals surface area contributed by atoms with Crippen molar-refractivity contribution in [1.29, 1.82) is 0 Å². The van der Waals surface area contributed by atoms with Crippen molar-refractivity contribution in [2.45, 2.75) is 39.2 Å². The maximum absolute atomic E-state index is 5.46. The second-order valence-electron chi connectivity index (χ2n) is 5.86. The molecule has 0 aliphatic carbocycles. The smallest absolute Gasteiger partial charge is 0.0354 e. The van der Waals surface area contributed by atoms with Gasteiger partial charge in [-0.1, -0.05) is 18.9 Å². The molecular formula is C18H26N2. The third-order valence-corrected chi connectivity index (χ3v) is 4.21. The molecule has 1 aliphatic rings. The van der Waals surface area contributed by atoms with Crippen LogP contribution in [0.1, 0.15) is 38.7 Å². The van der Waals surface area contributed by atoms with Gasteiger partial charge < -0.3 is 10.2 Å². The van der Waals surface area contributed by atoms with Gasteiger partial charge in [0, 0.05) is 23.8 Å². The van der Waals surface area contributed by atoms with Crippen LogP contribution in [0.4, 0.5) is 5.69 Å². The highest BCUT2D eigenvalue weighted by Gasteiger charge is 2.24. The molecule has 0 amide bonds. The molecule has 1 heterocycles. The predicted octanol–water partition coefficient (Wildman–Crippen LogP) is 3.59. The Morgan fingerprint density at radius 1 is 1.50 bits per heavy atom. The van der Waals surface area contributed by atoms with Crippen molar-refractivity contribution in [2.75, 3.05) is 25.0 Å². The Labute approximate surface area is 123 Å². The fourth-order valence-corrected chi connectivity index (χ4v) is 3.10. The molecule has 20 heavy (non-hydrogen) atoms. The van der Waals surface area contributed by atoms with Crippen molar-refractivity contribution in [3.63, 3.8) is 0 Å². The minimum absolute atomic E-state index is 0.489. The zero-order chi connectivity index (χ0) is 14.4. The van der Waals surface area contributed by atoms with E-state index in [-0.39, 0.29) is 0 Å². The highest BCUT2D eigenvalue weighted by atomic mass is 15.1. The highest BCUT2D eigenvalue weighted by Crippen LogP contribution is 2.23. The number of benzene rings is 1. The molecular weight excluding hydrogens is 244 g/mol. The molecule has 2 nitrogen and oxygen atoms in total. The Kier molecular flexibility index (Phi) is 5.49. The molecule has 2 unspecified atom stereocenters. The largest absolute Gasteiger partial charge is 0.382 e. The van der Waals surface area contributed by atoms with Crippen LogP contribution < -0.4 is 5.32 Å². The number of terminal acetylenes is 1. The molecule has 1 aromatic carbocycles. The second kappa shape index (κ2) is 7.36. The summed E-state index contributed by atoms with van der Waals surface area (Å²) >= 11 is 0. The summed E-state index contributed by atoms with van der Waals surface area (Å²) in [6.45, 7) is 8.27. The molecule has 0 radical (unpaired) electrons. The maximum atomic E-state index is 5.46. The van der Waals surface area contributed by atoms with Crippen LogP contribution in [0.5, 0.6) is 0 Å². The number of rotatable bonds is 5. The standard InChI is InChI=1S/C18H26N2/c1-4-11-20-12-7-9-17(14-20)15(3)19-18-10-6-8-16(5-2)13-18/h2,6,8,10,13,15,17,19H,4,7,9,11-12,14H2,1,3H3. The van der Waals surface area contributed by atoms with Gasteiger partial charge in [0.15, 0.2) is 0 Å². The van der Waals surface area contributed by atoms with Crippen molar-refractivity contribution < 1.29 is 0 Å². The van der Waals surface area contributed by atoms with Crippen LogP contribution in [0.2, 0.25) is 0 Å². The van der Waals surface area contributed by atoms with Gasteiger partial charge in [-0.3, -0.25) is 0 Å². The molecule has 2 heteroatoms. The van der Waals surface area contributed by atoms with Gasteiger partial charge in [-0.05, 0) is 63.4 Å². The van der Waals surface area contributed by atoms with Crippen molar-refractivity contribution in [3.8, 4) is 12.3 Å². The summed E-state index contributed by atoms with van der Waals surface area (Å²) in [5.74, 6) is 3.42. The van der Waals surface area contributed by atoms with Crippen molar-refractivity contribution >= 4 is 5.69 Å². The van der Waals surface area contributed by atoms with E-state index in [0.29, 0.717) is 6.04 Å². The minimum atomic E-state index is 0.489. The number of hydrogen-bond donors (Lipinski definition) is 1. The highest BCUT2D eigenvalue weighted by molar-refractivity contribution is 5.50. The molecule has 108 valence electrons. The lowest BCUT2D eigenvalue weighted by atomic mass is 9.91. The Morgan fingerprint density at radius 3 is 3.10 bits per heavy atom. The van der Waals surface area contributed by atoms with Gasteiger partial charge in [0.2, 0.25) is 0 Å². The minimum Gasteiger partial charge on any atom is -0.382 e. The van der Waals surface area contributed by atoms with E-state index in [1.165, 1.54) is 38.9 Å². The van der Waals surface area contributed by atoms with Crippen LogP contribution in [0.15, 0.2) is 24.3 Å². The quantitative estimate of drug-likeness (QED) is 0.823. The normalized spacial score (nSPS) is 21.1. The molecule has 1 aliphatic heterocycles. The first-order chi connectivity index (χ1) is 9.72. The number of hydrogen-bond acceptors (Lipinski definition) is 2. The summed E-state index contributed by atoms with van der Waals surface area (Å²) in [5, 5.41) is 3.63. The third kappa shape index (κ3) is 4.02. The summed E-state index contributed by atoms with van der Waals surface area (Å²) in [4.78, 5) is 2.60. The summed E-state index contributed by atoms with van der Waals surface area (Å²) < 4.78 is 0. The summed E-state index contributed by atoms with van der Waals surface area (Å²) in [5.41, 5.74) is 2.08. The van der Waals surface area contributed by atoms with Crippen LogP contribution in [0, 0.1) is 18.3 Å². The Balaban J connectivity index is 1.93. The van der Waals surface area contributed by atoms with Crippen LogP contribution in [-0.2, 0) is 0 Å². The molecule has 2 atom stereocenters. The Morgan fingerprint density at radius 2 is 2.35 bits per heavy atom. The molecule has 0 saturated carbocycles. The predicted molar refractivity (Wildman–Crippen MR) is 86.9 cm³/mol. The van der Waals surface area contributed by atoms with Crippen molar-refractivity contribution in [1.82, 2.24) is 4.90 Å².